The van der Waals surface area contributed by atoms with E-state index in [1.165, 1.54) is 17.1 Å². The minimum absolute atomic E-state index is 0.101. The molecule has 1 atom stereocenters. The number of hydrogen-bond donors (Lipinski definition) is 1. The van der Waals surface area contributed by atoms with Crippen molar-refractivity contribution < 1.29 is 0 Å². The molecule has 0 aliphatic carbocycles. The first-order valence-corrected chi connectivity index (χ1v) is 8.76. The molecule has 1 spiro atoms. The third kappa shape index (κ3) is 2.07. The number of nitrogens with zero attached hydrogens (tertiary/aromatic N) is 2. The number of thiophene rings is 1. The lowest BCUT2D eigenvalue weighted by Crippen LogP contribution is -2.62. The molecule has 1 saturated heterocycles. The second kappa shape index (κ2) is 4.70. The Morgan fingerprint density at radius 2 is 2.32 bits per heavy atom. The highest BCUT2D eigenvalue weighted by Gasteiger charge is 2.54. The first-order valence-electron chi connectivity index (χ1n) is 6.73. The van der Waals surface area contributed by atoms with E-state index in [0.29, 0.717) is 0 Å². The van der Waals surface area contributed by atoms with E-state index in [4.69, 9.17) is 5.73 Å². The van der Waals surface area contributed by atoms with Gasteiger partial charge >= 0.3 is 0 Å². The van der Waals surface area contributed by atoms with Crippen LogP contribution in [0.15, 0.2) is 22.5 Å². The average Bonchev–Trinajstić information content (AvgIpc) is 2.97. The van der Waals surface area contributed by atoms with Crippen LogP contribution in [-0.2, 0) is 6.54 Å². The Morgan fingerprint density at radius 1 is 1.47 bits per heavy atom. The van der Waals surface area contributed by atoms with E-state index >= 15 is 0 Å². The van der Waals surface area contributed by atoms with Crippen molar-refractivity contribution in [2.75, 3.05) is 18.1 Å². The molecule has 5 heteroatoms. The SMILES string of the molecule is CC1(C)CCSCC12CN=C(N)N2Cc1cccs1. The van der Waals surface area contributed by atoms with Gasteiger partial charge in [0, 0.05) is 10.6 Å². The monoisotopic (exact) mass is 295 g/mol. The van der Waals surface area contributed by atoms with E-state index in [2.05, 4.69) is 41.3 Å². The summed E-state index contributed by atoms with van der Waals surface area (Å²) in [4.78, 5) is 8.31. The number of thioether (sulfide) groups is 1. The summed E-state index contributed by atoms with van der Waals surface area (Å²) in [5.41, 5.74) is 6.56. The van der Waals surface area contributed by atoms with Crippen molar-refractivity contribution in [1.29, 1.82) is 0 Å². The molecule has 2 N–H and O–H groups in total. The van der Waals surface area contributed by atoms with Crippen LogP contribution in [0.3, 0.4) is 0 Å². The van der Waals surface area contributed by atoms with E-state index in [9.17, 15) is 0 Å². The van der Waals surface area contributed by atoms with Gasteiger partial charge in [-0.2, -0.15) is 11.8 Å². The Morgan fingerprint density at radius 3 is 3.00 bits per heavy atom. The van der Waals surface area contributed by atoms with Crippen LogP contribution in [0, 0.1) is 5.41 Å². The predicted octanol–water partition coefficient (Wildman–Crippen LogP) is 2.78. The number of nitrogens with two attached hydrogens (primary N) is 1. The van der Waals surface area contributed by atoms with Crippen LogP contribution in [0.4, 0.5) is 0 Å². The van der Waals surface area contributed by atoms with Crippen LogP contribution in [0.1, 0.15) is 25.1 Å². The highest BCUT2D eigenvalue weighted by molar-refractivity contribution is 7.99. The van der Waals surface area contributed by atoms with Crippen LogP contribution in [0.5, 0.6) is 0 Å². The second-order valence-electron chi connectivity index (χ2n) is 6.06. The van der Waals surface area contributed by atoms with Gasteiger partial charge in [0.15, 0.2) is 5.96 Å². The third-order valence-corrected chi connectivity index (χ3v) is 6.70. The predicted molar refractivity (Wildman–Crippen MR) is 84.8 cm³/mol. The van der Waals surface area contributed by atoms with Crippen molar-refractivity contribution in [2.24, 2.45) is 16.1 Å². The lowest BCUT2D eigenvalue weighted by molar-refractivity contribution is 0.0615. The molecule has 1 fully saturated rings. The molecular weight excluding hydrogens is 274 g/mol. The molecular formula is C14H21N3S2. The second-order valence-corrected chi connectivity index (χ2v) is 8.20. The smallest absolute Gasteiger partial charge is 0.192 e. The van der Waals surface area contributed by atoms with E-state index in [0.717, 1.165) is 24.8 Å². The standard InChI is InChI=1S/C14H21N3S2/c1-13(2)5-7-18-10-14(13)9-16-12(15)17(14)8-11-4-3-6-19-11/h3-4,6H,5,7-10H2,1-2H3,(H2,15,16). The summed E-state index contributed by atoms with van der Waals surface area (Å²) in [7, 11) is 0. The molecule has 0 amide bonds. The van der Waals surface area contributed by atoms with Crippen molar-refractivity contribution in [1.82, 2.24) is 4.90 Å². The van der Waals surface area contributed by atoms with Crippen molar-refractivity contribution in [3.8, 4) is 0 Å². The van der Waals surface area contributed by atoms with Crippen LogP contribution >= 0.6 is 23.1 Å². The lowest BCUT2D eigenvalue weighted by Gasteiger charge is -2.52. The molecule has 0 aromatic carbocycles. The fourth-order valence-electron chi connectivity index (χ4n) is 3.09. The van der Waals surface area contributed by atoms with Gasteiger partial charge in [0.25, 0.3) is 0 Å². The van der Waals surface area contributed by atoms with Crippen LogP contribution < -0.4 is 5.73 Å². The Kier molecular flexibility index (Phi) is 3.29. The fraction of sp³-hybridized carbons (Fsp3) is 0.643. The van der Waals surface area contributed by atoms with Gasteiger partial charge < -0.3 is 10.6 Å². The zero-order valence-electron chi connectivity index (χ0n) is 11.6. The first-order chi connectivity index (χ1) is 9.05. The quantitative estimate of drug-likeness (QED) is 0.912. The van der Waals surface area contributed by atoms with Crippen molar-refractivity contribution >= 4 is 29.1 Å². The van der Waals surface area contributed by atoms with Crippen molar-refractivity contribution in [2.45, 2.75) is 32.4 Å². The van der Waals surface area contributed by atoms with Crippen LogP contribution in [-0.4, -0.2) is 34.4 Å². The Labute approximate surface area is 123 Å². The first kappa shape index (κ1) is 13.3. The molecule has 3 nitrogen and oxygen atoms in total. The van der Waals surface area contributed by atoms with Crippen LogP contribution in [0.25, 0.3) is 0 Å². The maximum absolute atomic E-state index is 6.19. The third-order valence-electron chi connectivity index (χ3n) is 4.66. The summed E-state index contributed by atoms with van der Waals surface area (Å²) < 4.78 is 0. The molecule has 1 aromatic rings. The maximum atomic E-state index is 6.19. The number of hydrogen-bond acceptors (Lipinski definition) is 5. The van der Waals surface area contributed by atoms with E-state index < -0.39 is 0 Å². The molecule has 19 heavy (non-hydrogen) atoms. The van der Waals surface area contributed by atoms with Gasteiger partial charge in [0.2, 0.25) is 0 Å². The summed E-state index contributed by atoms with van der Waals surface area (Å²) in [6, 6.07) is 4.30. The topological polar surface area (TPSA) is 41.6 Å². The Hall–Kier alpha value is -0.680. The molecule has 1 unspecified atom stereocenters. The van der Waals surface area contributed by atoms with Gasteiger partial charge in [-0.1, -0.05) is 19.9 Å². The zero-order chi connectivity index (χ0) is 13.5. The minimum atomic E-state index is 0.101. The molecule has 104 valence electrons. The minimum Gasteiger partial charge on any atom is -0.370 e. The molecule has 1 aromatic heterocycles. The summed E-state index contributed by atoms with van der Waals surface area (Å²) >= 11 is 3.84. The molecule has 2 aliphatic rings. The summed E-state index contributed by atoms with van der Waals surface area (Å²) in [5, 5.41) is 2.13. The van der Waals surface area contributed by atoms with Crippen LogP contribution in [0.2, 0.25) is 0 Å². The highest BCUT2D eigenvalue weighted by atomic mass is 32.2. The molecule has 0 bridgehead atoms. The van der Waals surface area contributed by atoms with E-state index in [1.54, 1.807) is 11.3 Å². The van der Waals surface area contributed by atoms with E-state index in [-0.39, 0.29) is 11.0 Å². The average molecular weight is 295 g/mol. The summed E-state index contributed by atoms with van der Waals surface area (Å²) in [5.74, 6) is 3.11. The zero-order valence-corrected chi connectivity index (χ0v) is 13.2. The lowest BCUT2D eigenvalue weighted by atomic mass is 9.70. The van der Waals surface area contributed by atoms with Gasteiger partial charge in [-0.05, 0) is 29.0 Å². The fourth-order valence-corrected chi connectivity index (χ4v) is 5.56. The number of guanidine groups is 1. The number of rotatable bonds is 2. The summed E-state index contributed by atoms with van der Waals surface area (Å²) in [6.45, 7) is 6.51. The van der Waals surface area contributed by atoms with Gasteiger partial charge in [-0.3, -0.25) is 4.99 Å². The normalized spacial score (nSPS) is 29.8. The maximum Gasteiger partial charge on any atom is 0.192 e. The van der Waals surface area contributed by atoms with Crippen molar-refractivity contribution in [3.63, 3.8) is 0 Å². The van der Waals surface area contributed by atoms with Gasteiger partial charge in [0.05, 0.1) is 18.6 Å². The van der Waals surface area contributed by atoms with Crippen molar-refractivity contribution in [3.05, 3.63) is 22.4 Å². The molecule has 0 radical (unpaired) electrons. The molecule has 0 saturated carbocycles. The van der Waals surface area contributed by atoms with Gasteiger partial charge in [-0.25, -0.2) is 0 Å². The number of aliphatic imine (C=N–C) groups is 1. The highest BCUT2D eigenvalue weighted by Crippen LogP contribution is 2.48. The molecule has 2 aliphatic heterocycles. The van der Waals surface area contributed by atoms with E-state index in [1.807, 2.05) is 11.8 Å². The van der Waals surface area contributed by atoms with Gasteiger partial charge in [0.1, 0.15) is 0 Å². The Balaban J connectivity index is 1.92. The summed E-state index contributed by atoms with van der Waals surface area (Å²) in [6.07, 6.45) is 1.24. The van der Waals surface area contributed by atoms with Gasteiger partial charge in [-0.15, -0.1) is 11.3 Å². The Bertz CT molecular complexity index is 481. The molecule has 3 heterocycles. The molecule has 3 rings (SSSR count). The largest absolute Gasteiger partial charge is 0.370 e.